The molecule has 180 valence electrons. The molecule has 0 fully saturated rings. The third-order valence-electron chi connectivity index (χ3n) is 5.17. The van der Waals surface area contributed by atoms with Gasteiger partial charge in [0, 0.05) is 6.07 Å². The topological polar surface area (TPSA) is 103 Å². The molecular formula is C25H28N2O6S. The van der Waals surface area contributed by atoms with Crippen molar-refractivity contribution in [1.29, 1.82) is 0 Å². The number of aryl methyl sites for hydroxylation is 1. The number of hydrogen-bond acceptors (Lipinski definition) is 6. The molecule has 3 aromatic carbocycles. The van der Waals surface area contributed by atoms with Crippen LogP contribution >= 0.6 is 0 Å². The van der Waals surface area contributed by atoms with E-state index < -0.39 is 22.0 Å². The van der Waals surface area contributed by atoms with Gasteiger partial charge in [-0.05, 0) is 48.7 Å². The molecule has 34 heavy (non-hydrogen) atoms. The van der Waals surface area contributed by atoms with Crippen LogP contribution in [0.15, 0.2) is 71.6 Å². The van der Waals surface area contributed by atoms with Crippen LogP contribution in [0.1, 0.15) is 11.1 Å². The highest BCUT2D eigenvalue weighted by molar-refractivity contribution is 7.89. The molecule has 0 aliphatic heterocycles. The summed E-state index contributed by atoms with van der Waals surface area (Å²) in [5, 5.41) is 2.77. The SMILES string of the molecule is COc1ccc(OC)c(NC(=O)[C@H](Cc2ccccc2)NS(=O)(=O)c2cc(C)ccc2OC)c1. The molecule has 3 rings (SSSR count). The Morgan fingerprint density at radius 3 is 2.21 bits per heavy atom. The zero-order valence-corrected chi connectivity index (χ0v) is 20.3. The molecule has 0 saturated heterocycles. The molecule has 0 aliphatic rings. The second-order valence-corrected chi connectivity index (χ2v) is 9.26. The van der Waals surface area contributed by atoms with Gasteiger partial charge in [-0.15, -0.1) is 0 Å². The Labute approximate surface area is 199 Å². The number of rotatable bonds is 10. The lowest BCUT2D eigenvalue weighted by Gasteiger charge is -2.21. The fourth-order valence-corrected chi connectivity index (χ4v) is 4.86. The van der Waals surface area contributed by atoms with Crippen LogP contribution in [0.3, 0.4) is 0 Å². The molecule has 3 aromatic rings. The fraction of sp³-hybridized carbons (Fsp3) is 0.240. The lowest BCUT2D eigenvalue weighted by molar-refractivity contribution is -0.117. The molecule has 1 amide bonds. The first-order chi connectivity index (χ1) is 16.3. The summed E-state index contributed by atoms with van der Waals surface area (Å²) in [6.07, 6.45) is 0.131. The minimum atomic E-state index is -4.10. The highest BCUT2D eigenvalue weighted by Gasteiger charge is 2.29. The maximum Gasteiger partial charge on any atom is 0.245 e. The van der Waals surface area contributed by atoms with E-state index in [0.717, 1.165) is 11.1 Å². The van der Waals surface area contributed by atoms with Crippen LogP contribution in [0.25, 0.3) is 0 Å². The third kappa shape index (κ3) is 6.06. The van der Waals surface area contributed by atoms with Gasteiger partial charge in [0.25, 0.3) is 0 Å². The molecule has 0 aromatic heterocycles. The van der Waals surface area contributed by atoms with Gasteiger partial charge in [0.15, 0.2) is 0 Å². The van der Waals surface area contributed by atoms with E-state index in [0.29, 0.717) is 17.2 Å². The van der Waals surface area contributed by atoms with Gasteiger partial charge >= 0.3 is 0 Å². The van der Waals surface area contributed by atoms with Gasteiger partial charge in [-0.1, -0.05) is 36.4 Å². The van der Waals surface area contributed by atoms with Gasteiger partial charge in [0.1, 0.15) is 28.2 Å². The van der Waals surface area contributed by atoms with Crippen molar-refractivity contribution >= 4 is 21.6 Å². The van der Waals surface area contributed by atoms with Crippen LogP contribution in [0.2, 0.25) is 0 Å². The van der Waals surface area contributed by atoms with E-state index in [-0.39, 0.29) is 17.1 Å². The van der Waals surface area contributed by atoms with Crippen molar-refractivity contribution in [2.75, 3.05) is 26.6 Å². The van der Waals surface area contributed by atoms with E-state index in [2.05, 4.69) is 10.0 Å². The number of ether oxygens (including phenoxy) is 3. The lowest BCUT2D eigenvalue weighted by Crippen LogP contribution is -2.45. The molecule has 8 nitrogen and oxygen atoms in total. The number of hydrogen-bond donors (Lipinski definition) is 2. The Morgan fingerprint density at radius 2 is 1.56 bits per heavy atom. The number of sulfonamides is 1. The zero-order chi connectivity index (χ0) is 24.7. The van der Waals surface area contributed by atoms with E-state index in [9.17, 15) is 13.2 Å². The number of nitrogens with one attached hydrogen (secondary N) is 2. The summed E-state index contributed by atoms with van der Waals surface area (Å²) < 4.78 is 45.0. The highest BCUT2D eigenvalue weighted by atomic mass is 32.2. The first kappa shape index (κ1) is 25.1. The minimum Gasteiger partial charge on any atom is -0.497 e. The number of benzene rings is 3. The number of carbonyl (C=O) groups excluding carboxylic acids is 1. The zero-order valence-electron chi connectivity index (χ0n) is 19.5. The second kappa shape index (κ2) is 11.0. The van der Waals surface area contributed by atoms with Crippen LogP contribution in [-0.4, -0.2) is 41.7 Å². The van der Waals surface area contributed by atoms with Crippen LogP contribution in [0.5, 0.6) is 17.2 Å². The quantitative estimate of drug-likeness (QED) is 0.456. The van der Waals surface area contributed by atoms with Crippen LogP contribution in [0.4, 0.5) is 5.69 Å². The second-order valence-electron chi connectivity index (χ2n) is 7.57. The summed E-state index contributed by atoms with van der Waals surface area (Å²) in [6.45, 7) is 1.78. The number of carbonyl (C=O) groups is 1. The van der Waals surface area contributed by atoms with Crippen LogP contribution < -0.4 is 24.2 Å². The Bertz CT molecular complexity index is 1250. The summed E-state index contributed by atoms with van der Waals surface area (Å²) in [5.74, 6) is 0.564. The van der Waals surface area contributed by atoms with E-state index in [4.69, 9.17) is 14.2 Å². The molecule has 0 radical (unpaired) electrons. The molecule has 0 heterocycles. The molecule has 0 unspecified atom stereocenters. The Morgan fingerprint density at radius 1 is 0.882 bits per heavy atom. The molecular weight excluding hydrogens is 456 g/mol. The first-order valence-electron chi connectivity index (χ1n) is 10.5. The van der Waals surface area contributed by atoms with Gasteiger partial charge in [-0.25, -0.2) is 8.42 Å². The molecule has 0 saturated carbocycles. The van der Waals surface area contributed by atoms with Gasteiger partial charge in [0.2, 0.25) is 15.9 Å². The average Bonchev–Trinajstić information content (AvgIpc) is 2.84. The number of anilines is 1. The Kier molecular flexibility index (Phi) is 8.14. The van der Waals surface area contributed by atoms with Gasteiger partial charge in [-0.2, -0.15) is 4.72 Å². The molecule has 9 heteroatoms. The maximum atomic E-state index is 13.3. The van der Waals surface area contributed by atoms with E-state index >= 15 is 0 Å². The normalized spacial score (nSPS) is 12.0. The van der Waals surface area contributed by atoms with Gasteiger partial charge < -0.3 is 19.5 Å². The number of amides is 1. The van der Waals surface area contributed by atoms with Crippen molar-refractivity contribution in [3.63, 3.8) is 0 Å². The monoisotopic (exact) mass is 484 g/mol. The predicted molar refractivity (Wildman–Crippen MR) is 130 cm³/mol. The Balaban J connectivity index is 1.96. The molecule has 0 aliphatic carbocycles. The predicted octanol–water partition coefficient (Wildman–Crippen LogP) is 3.55. The summed E-state index contributed by atoms with van der Waals surface area (Å²) >= 11 is 0. The van der Waals surface area contributed by atoms with Crippen molar-refractivity contribution < 1.29 is 27.4 Å². The van der Waals surface area contributed by atoms with E-state index in [1.807, 2.05) is 30.3 Å². The summed E-state index contributed by atoms with van der Waals surface area (Å²) in [5.41, 5.74) is 1.89. The smallest absolute Gasteiger partial charge is 0.245 e. The van der Waals surface area contributed by atoms with Crippen molar-refractivity contribution in [1.82, 2.24) is 4.72 Å². The molecule has 0 bridgehead atoms. The van der Waals surface area contributed by atoms with Gasteiger partial charge in [-0.3, -0.25) is 4.79 Å². The average molecular weight is 485 g/mol. The fourth-order valence-electron chi connectivity index (χ4n) is 3.41. The third-order valence-corrected chi connectivity index (χ3v) is 6.66. The Hall–Kier alpha value is -3.56. The van der Waals surface area contributed by atoms with E-state index in [1.54, 1.807) is 37.3 Å². The summed E-state index contributed by atoms with van der Waals surface area (Å²) in [7, 11) is 0.280. The minimum absolute atomic E-state index is 0.0418. The highest BCUT2D eigenvalue weighted by Crippen LogP contribution is 2.29. The largest absolute Gasteiger partial charge is 0.497 e. The molecule has 0 spiro atoms. The van der Waals surface area contributed by atoms with E-state index in [1.165, 1.54) is 27.4 Å². The standard InChI is InChI=1S/C25H28N2O6S/c1-17-10-12-23(33-4)24(14-17)34(29,30)27-21(15-18-8-6-5-7-9-18)25(28)26-20-16-19(31-2)11-13-22(20)32-3/h5-14,16,21,27H,15H2,1-4H3,(H,26,28)/t21-/m0/s1. The number of methoxy groups -OCH3 is 3. The summed E-state index contributed by atoms with van der Waals surface area (Å²) in [6, 6.07) is 17.8. The van der Waals surface area contributed by atoms with Crippen LogP contribution in [0, 0.1) is 6.92 Å². The van der Waals surface area contributed by atoms with Crippen molar-refractivity contribution in [3.05, 3.63) is 77.9 Å². The van der Waals surface area contributed by atoms with Crippen LogP contribution in [-0.2, 0) is 21.2 Å². The van der Waals surface area contributed by atoms with Crippen molar-refractivity contribution in [3.8, 4) is 17.2 Å². The first-order valence-corrected chi connectivity index (χ1v) is 12.0. The lowest BCUT2D eigenvalue weighted by atomic mass is 10.1. The maximum absolute atomic E-state index is 13.3. The molecule has 1 atom stereocenters. The van der Waals surface area contributed by atoms with Crippen molar-refractivity contribution in [2.45, 2.75) is 24.3 Å². The molecule has 2 N–H and O–H groups in total. The summed E-state index contributed by atoms with van der Waals surface area (Å²) in [4.78, 5) is 13.3. The van der Waals surface area contributed by atoms with Crippen molar-refractivity contribution in [2.24, 2.45) is 0 Å². The van der Waals surface area contributed by atoms with Gasteiger partial charge in [0.05, 0.1) is 27.0 Å².